The maximum absolute atomic E-state index is 14.5. The molecule has 5 rings (SSSR count). The smallest absolute Gasteiger partial charge is 0.456 e. The molecule has 18 heteroatoms. The van der Waals surface area contributed by atoms with Crippen molar-refractivity contribution in [2.75, 3.05) is 35.0 Å². The zero-order chi connectivity index (χ0) is 49.9. The highest BCUT2D eigenvalue weighted by molar-refractivity contribution is 7.48. The molecule has 4 heterocycles. The molecule has 382 valence electrons. The lowest BCUT2D eigenvalue weighted by molar-refractivity contribution is -0.302. The van der Waals surface area contributed by atoms with Crippen LogP contribution in [0.15, 0.2) is 47.8 Å². The van der Waals surface area contributed by atoms with Gasteiger partial charge in [0.1, 0.15) is 24.0 Å². The number of esters is 1. The summed E-state index contributed by atoms with van der Waals surface area (Å²) in [6, 6.07) is 2.28. The van der Waals surface area contributed by atoms with Gasteiger partial charge in [0.25, 0.3) is 11.7 Å². The number of nitrogens with zero attached hydrogens (tertiary/aromatic N) is 2. The van der Waals surface area contributed by atoms with Crippen LogP contribution in [0.2, 0.25) is 0 Å². The zero-order valence-corrected chi connectivity index (χ0v) is 42.6. The van der Waals surface area contributed by atoms with Crippen molar-refractivity contribution in [3.05, 3.63) is 53.4 Å². The Bertz CT molecular complexity index is 1970. The van der Waals surface area contributed by atoms with E-state index >= 15 is 0 Å². The summed E-state index contributed by atoms with van der Waals surface area (Å²) in [6.07, 6.45) is 5.79. The van der Waals surface area contributed by atoms with Crippen LogP contribution in [0.5, 0.6) is 0 Å². The van der Waals surface area contributed by atoms with Gasteiger partial charge in [0.05, 0.1) is 37.1 Å². The second-order valence-corrected chi connectivity index (χ2v) is 21.2. The average Bonchev–Trinajstić information content (AvgIpc) is 3.33. The first-order valence-corrected chi connectivity index (χ1v) is 25.8. The van der Waals surface area contributed by atoms with Crippen LogP contribution >= 0.6 is 7.82 Å². The lowest BCUT2D eigenvalue weighted by Crippen LogP contribution is -2.64. The number of ether oxygens (including phenoxy) is 5. The molecule has 2 unspecified atom stereocenters. The number of phosphoric acid groups is 1. The van der Waals surface area contributed by atoms with E-state index in [-0.39, 0.29) is 50.0 Å². The number of carbonyl (C=O) groups excluding carboxylic acids is 4. The summed E-state index contributed by atoms with van der Waals surface area (Å²) in [4.78, 5) is 62.4. The molecule has 0 spiro atoms. The molecule has 2 saturated heterocycles. The number of fused-ring (bicyclic) bond motifs is 3. The lowest BCUT2D eigenvalue weighted by atomic mass is 9.81. The van der Waals surface area contributed by atoms with Crippen molar-refractivity contribution in [3.8, 4) is 0 Å². The van der Waals surface area contributed by atoms with Crippen LogP contribution < -0.4 is 0 Å². The van der Waals surface area contributed by atoms with Crippen LogP contribution in [-0.2, 0) is 67.6 Å². The second-order valence-electron chi connectivity index (χ2n) is 19.5. The Balaban J connectivity index is 1.45. The molecule has 2 bridgehead atoms. The van der Waals surface area contributed by atoms with Gasteiger partial charge in [-0.1, -0.05) is 45.4 Å². The third kappa shape index (κ3) is 13.8. The molecule has 1 aliphatic carbocycles. The number of carbonyl (C=O) groups is 4. The SMILES string of the molecule is CC[C@@H]1/C=C(\C)C[C@H](C)C[C@H](OC)[C@H]2O[C@@](O)(C(=O)C(=O)N3CCCC[C@H]3C(=O)O[C@H](/C(C)=C/[C@@H]3CC[C@@H](OP(=O)(OC)OCc4ccncc4)[C@H](OC)C3)[C@H](C)C(O)CC1=O)[C@H](C)C[C@@H]2OC. The van der Waals surface area contributed by atoms with Crippen LogP contribution in [0.25, 0.3) is 0 Å². The number of cyclic esters (lactones) is 1. The molecule has 0 aromatic carbocycles. The Labute approximate surface area is 402 Å². The molecule has 0 radical (unpaired) electrons. The van der Waals surface area contributed by atoms with E-state index in [1.54, 1.807) is 45.3 Å². The standard InChI is InChI=1S/C50H77N2O15P/c1-11-37-23-30(2)22-31(3)24-43(61-8)46-44(62-9)26-33(5)50(58,66-46)47(55)48(56)52-21-13-12-14-38(52)49(57)65-45(34(6)39(53)28-40(37)54)32(4)25-36-15-16-41(42(27-36)60-7)67-68(59,63-10)64-29-35-17-19-51-20-18-35/h17-20,23,25,31,33-34,36-39,41-46,53,58H,11-16,21-22,24,26-29H2,1-10H3/b30-23+,32-25+/t31-,33+,34+,36-,37+,38-,39?,41+,42+,43-,44-,45+,46+,50+,68?/m0/s1. The number of aliphatic hydroxyl groups excluding tert-OH is 1. The summed E-state index contributed by atoms with van der Waals surface area (Å²) < 4.78 is 60.7. The van der Waals surface area contributed by atoms with Gasteiger partial charge in [-0.15, -0.1) is 0 Å². The number of hydrogen-bond acceptors (Lipinski definition) is 16. The molecule has 15 atom stereocenters. The van der Waals surface area contributed by atoms with Crippen LogP contribution in [0.1, 0.15) is 118 Å². The van der Waals surface area contributed by atoms with Crippen molar-refractivity contribution in [1.82, 2.24) is 9.88 Å². The molecule has 1 aromatic rings. The number of pyridine rings is 1. The first kappa shape index (κ1) is 55.7. The van der Waals surface area contributed by atoms with Gasteiger partial charge >= 0.3 is 13.8 Å². The van der Waals surface area contributed by atoms with Crippen molar-refractivity contribution in [2.24, 2.45) is 29.6 Å². The summed E-state index contributed by atoms with van der Waals surface area (Å²) in [5, 5.41) is 24.0. The van der Waals surface area contributed by atoms with Crippen molar-refractivity contribution in [2.45, 2.75) is 173 Å². The number of amides is 1. The van der Waals surface area contributed by atoms with Crippen molar-refractivity contribution < 1.29 is 71.2 Å². The highest BCUT2D eigenvalue weighted by atomic mass is 31.2. The van der Waals surface area contributed by atoms with E-state index in [9.17, 15) is 34.0 Å². The third-order valence-electron chi connectivity index (χ3n) is 14.5. The van der Waals surface area contributed by atoms with Crippen LogP contribution in [-0.4, -0.2) is 133 Å². The molecule has 1 amide bonds. The quantitative estimate of drug-likeness (QED) is 0.0946. The number of methoxy groups -OCH3 is 3. The van der Waals surface area contributed by atoms with E-state index in [4.69, 9.17) is 37.3 Å². The number of ketones is 2. The Hall–Kier alpha value is -3.22. The molecule has 3 aliphatic heterocycles. The van der Waals surface area contributed by atoms with Gasteiger partial charge in [-0.25, -0.2) is 9.36 Å². The van der Waals surface area contributed by atoms with E-state index in [0.717, 1.165) is 11.1 Å². The molecular weight excluding hydrogens is 900 g/mol. The maximum Gasteiger partial charge on any atom is 0.475 e. The second kappa shape index (κ2) is 25.2. The minimum atomic E-state index is -3.99. The van der Waals surface area contributed by atoms with E-state index in [1.807, 2.05) is 32.9 Å². The summed E-state index contributed by atoms with van der Waals surface area (Å²) >= 11 is 0. The highest BCUT2D eigenvalue weighted by Crippen LogP contribution is 2.52. The number of Topliss-reactive ketones (excluding diaryl/α,β-unsaturated/α-hetero) is 2. The number of phosphoric ester groups is 1. The fourth-order valence-electron chi connectivity index (χ4n) is 10.4. The number of rotatable bonds is 12. The Morgan fingerprint density at radius 2 is 1.60 bits per heavy atom. The summed E-state index contributed by atoms with van der Waals surface area (Å²) in [7, 11) is 1.86. The van der Waals surface area contributed by atoms with Gasteiger partial charge in [-0.2, -0.15) is 0 Å². The summed E-state index contributed by atoms with van der Waals surface area (Å²) in [5.41, 5.74) is 2.31. The van der Waals surface area contributed by atoms with Gasteiger partial charge in [-0.05, 0) is 113 Å². The Morgan fingerprint density at radius 1 is 0.926 bits per heavy atom. The average molecular weight is 977 g/mol. The number of piperidine rings is 1. The maximum atomic E-state index is 14.5. The molecule has 1 aromatic heterocycles. The summed E-state index contributed by atoms with van der Waals surface area (Å²) in [5.74, 6) is -7.98. The number of aromatic nitrogens is 1. The van der Waals surface area contributed by atoms with Gasteiger partial charge in [0, 0.05) is 71.6 Å². The highest BCUT2D eigenvalue weighted by Gasteiger charge is 2.56. The molecule has 4 aliphatic rings. The van der Waals surface area contributed by atoms with Crippen molar-refractivity contribution >= 4 is 31.3 Å². The van der Waals surface area contributed by atoms with Gasteiger partial charge in [-0.3, -0.25) is 32.9 Å². The van der Waals surface area contributed by atoms with Gasteiger partial charge in [0.2, 0.25) is 5.79 Å². The van der Waals surface area contributed by atoms with Gasteiger partial charge < -0.3 is 38.8 Å². The molecule has 68 heavy (non-hydrogen) atoms. The number of hydrogen-bond donors (Lipinski definition) is 2. The minimum Gasteiger partial charge on any atom is -0.456 e. The molecule has 3 fully saturated rings. The molecule has 17 nitrogen and oxygen atoms in total. The normalized spacial score (nSPS) is 37.2. The van der Waals surface area contributed by atoms with E-state index < -0.39 is 97.8 Å². The molecular formula is C50H77N2O15P. The predicted molar refractivity (Wildman–Crippen MR) is 251 cm³/mol. The first-order chi connectivity index (χ1) is 32.3. The number of aliphatic hydroxyl groups is 2. The Morgan fingerprint density at radius 3 is 2.25 bits per heavy atom. The first-order valence-electron chi connectivity index (χ1n) is 24.3. The predicted octanol–water partition coefficient (Wildman–Crippen LogP) is 6.86. The van der Waals surface area contributed by atoms with Crippen LogP contribution in [0.3, 0.4) is 0 Å². The largest absolute Gasteiger partial charge is 0.475 e. The third-order valence-corrected chi connectivity index (χ3v) is 15.9. The zero-order valence-electron chi connectivity index (χ0n) is 41.7. The fourth-order valence-corrected chi connectivity index (χ4v) is 11.6. The van der Waals surface area contributed by atoms with Crippen LogP contribution in [0.4, 0.5) is 0 Å². The minimum absolute atomic E-state index is 0.00749. The van der Waals surface area contributed by atoms with E-state index in [0.29, 0.717) is 56.9 Å². The van der Waals surface area contributed by atoms with Crippen molar-refractivity contribution in [1.29, 1.82) is 0 Å². The van der Waals surface area contributed by atoms with E-state index in [1.165, 1.54) is 33.3 Å². The molecule has 1 saturated carbocycles. The monoisotopic (exact) mass is 977 g/mol. The topological polar surface area (TPSA) is 216 Å². The number of allylic oxidation sites excluding steroid dienone is 3. The van der Waals surface area contributed by atoms with Crippen molar-refractivity contribution in [3.63, 3.8) is 0 Å². The molecule has 2 N–H and O–H groups in total. The van der Waals surface area contributed by atoms with E-state index in [2.05, 4.69) is 4.98 Å². The Kier molecular flexibility index (Phi) is 20.7. The fraction of sp³-hybridized carbons (Fsp3) is 0.740. The summed E-state index contributed by atoms with van der Waals surface area (Å²) in [6.45, 7) is 11.1. The van der Waals surface area contributed by atoms with Crippen LogP contribution in [0, 0.1) is 29.6 Å². The van der Waals surface area contributed by atoms with Gasteiger partial charge in [0.15, 0.2) is 0 Å². The lowest BCUT2D eigenvalue weighted by Gasteiger charge is -2.47.